The lowest BCUT2D eigenvalue weighted by molar-refractivity contribution is -0.140. The summed E-state index contributed by atoms with van der Waals surface area (Å²) in [5.41, 5.74) is 5.64. The first-order valence-electron chi connectivity index (χ1n) is 13.3. The second kappa shape index (κ2) is 14.5. The van der Waals surface area contributed by atoms with Crippen molar-refractivity contribution < 1.29 is 29.1 Å². The van der Waals surface area contributed by atoms with Gasteiger partial charge in [-0.05, 0) is 36.0 Å². The average Bonchev–Trinajstić information content (AvgIpc) is 3.48. The highest BCUT2D eigenvalue weighted by molar-refractivity contribution is 6.58. The zero-order valence-corrected chi connectivity index (χ0v) is 23.9. The topological polar surface area (TPSA) is 93.1 Å². The first kappa shape index (κ1) is 30.5. The van der Waals surface area contributed by atoms with Gasteiger partial charge < -0.3 is 19.5 Å². The lowest BCUT2D eigenvalue weighted by atomic mass is 9.81. The van der Waals surface area contributed by atoms with Gasteiger partial charge >= 0.3 is 19.1 Å². The van der Waals surface area contributed by atoms with Gasteiger partial charge in [0, 0.05) is 11.1 Å². The number of cyclic esters (lactones) is 2. The van der Waals surface area contributed by atoms with Crippen LogP contribution < -0.4 is 5.46 Å². The molecule has 2 aliphatic heterocycles. The van der Waals surface area contributed by atoms with Gasteiger partial charge in [0.25, 0.3) is 0 Å². The molecule has 0 amide bonds. The molecule has 2 heterocycles. The summed E-state index contributed by atoms with van der Waals surface area (Å²) in [6.07, 6.45) is -0.707. The number of rotatable bonds is 4. The number of ether oxygens (including phenoxy) is 2. The smallest absolute Gasteiger partial charge is 0.449 e. The number of carbonyl (C=O) groups is 2. The van der Waals surface area contributed by atoms with Gasteiger partial charge in [-0.25, -0.2) is 9.59 Å². The van der Waals surface area contributed by atoms with E-state index in [1.165, 1.54) is 0 Å². The Morgan fingerprint density at radius 2 is 1.00 bits per heavy atom. The molecule has 0 saturated carbocycles. The molecule has 0 unspecified atom stereocenters. The molecule has 0 fully saturated rings. The van der Waals surface area contributed by atoms with E-state index in [2.05, 4.69) is 0 Å². The number of benzene rings is 4. The van der Waals surface area contributed by atoms with Crippen LogP contribution in [-0.2, 0) is 19.1 Å². The Morgan fingerprint density at radius 3 is 1.43 bits per heavy atom. The Hall–Kier alpha value is -4.43. The number of hydrogen-bond acceptors (Lipinski definition) is 6. The fraction of sp³-hybridized carbons (Fsp3) is 0.118. The summed E-state index contributed by atoms with van der Waals surface area (Å²) in [4.78, 5) is 23.1. The van der Waals surface area contributed by atoms with E-state index in [4.69, 9.17) is 31.1 Å². The summed E-state index contributed by atoms with van der Waals surface area (Å²) in [5.74, 6) is -0.559. The third-order valence-electron chi connectivity index (χ3n) is 6.70. The molecule has 8 heteroatoms. The zero-order chi connectivity index (χ0) is 30.1. The number of carbonyl (C=O) groups excluding carboxylic acids is 2. The van der Waals surface area contributed by atoms with Gasteiger partial charge in [0.05, 0.1) is 10.6 Å². The second-order valence-corrected chi connectivity index (χ2v) is 9.96. The Morgan fingerprint density at radius 1 is 0.595 bits per heavy atom. The van der Waals surface area contributed by atoms with Gasteiger partial charge in [-0.15, -0.1) is 0 Å². The Labute approximate surface area is 250 Å². The highest BCUT2D eigenvalue weighted by atomic mass is 35.5. The lowest BCUT2D eigenvalue weighted by Gasteiger charge is -2.15. The minimum absolute atomic E-state index is 0.229. The largest absolute Gasteiger partial charge is 0.488 e. The maximum absolute atomic E-state index is 11.9. The quantitative estimate of drug-likeness (QED) is 0.230. The third-order valence-corrected chi connectivity index (χ3v) is 7.19. The Balaban J connectivity index is 0.000000155. The number of esters is 2. The van der Waals surface area contributed by atoms with E-state index < -0.39 is 13.2 Å². The molecule has 0 aliphatic carbocycles. The van der Waals surface area contributed by atoms with E-state index in [9.17, 15) is 9.59 Å². The van der Waals surface area contributed by atoms with Crippen LogP contribution in [0.4, 0.5) is 0 Å². The van der Waals surface area contributed by atoms with Crippen molar-refractivity contribution in [2.24, 2.45) is 0 Å². The molecule has 4 aromatic rings. The highest BCUT2D eigenvalue weighted by Crippen LogP contribution is 2.41. The fourth-order valence-corrected chi connectivity index (χ4v) is 4.67. The van der Waals surface area contributed by atoms with Crippen molar-refractivity contribution in [3.05, 3.63) is 154 Å². The molecule has 0 radical (unpaired) electrons. The molecule has 42 heavy (non-hydrogen) atoms. The maximum atomic E-state index is 11.9. The number of hydrogen-bond donors (Lipinski definition) is 2. The predicted molar refractivity (Wildman–Crippen MR) is 164 cm³/mol. The van der Waals surface area contributed by atoms with E-state index in [0.717, 1.165) is 22.3 Å². The van der Waals surface area contributed by atoms with Crippen LogP contribution in [0.15, 0.2) is 138 Å². The molecular formula is C34H30BClO6. The van der Waals surface area contributed by atoms with Crippen molar-refractivity contribution in [1.82, 2.24) is 0 Å². The van der Waals surface area contributed by atoms with Crippen LogP contribution in [0.1, 0.15) is 42.7 Å². The molecule has 0 aromatic heterocycles. The van der Waals surface area contributed by atoms with Crippen LogP contribution in [0, 0.1) is 0 Å². The SMILES string of the molecule is CC1=C(Cl)[C@H](c2ccccc2)OC1=O.CC1=C(c2ccccc2)[C@H](c2ccccc2)OC1=O.OB(O)c1ccccc1. The van der Waals surface area contributed by atoms with Crippen LogP contribution in [0.25, 0.3) is 5.57 Å². The van der Waals surface area contributed by atoms with Crippen molar-refractivity contribution in [2.45, 2.75) is 26.1 Å². The molecule has 0 spiro atoms. The molecule has 6 rings (SSSR count). The summed E-state index contributed by atoms with van der Waals surface area (Å²) in [6.45, 7) is 3.50. The minimum atomic E-state index is -1.34. The van der Waals surface area contributed by atoms with E-state index in [0.29, 0.717) is 21.6 Å². The Bertz CT molecular complexity index is 1560. The first-order chi connectivity index (χ1) is 20.3. The van der Waals surface area contributed by atoms with E-state index in [1.54, 1.807) is 31.2 Å². The third kappa shape index (κ3) is 7.45. The van der Waals surface area contributed by atoms with Gasteiger partial charge in [0.1, 0.15) is 0 Å². The summed E-state index contributed by atoms with van der Waals surface area (Å²) in [7, 11) is -1.34. The van der Waals surface area contributed by atoms with Crippen LogP contribution in [0.2, 0.25) is 0 Å². The second-order valence-electron chi connectivity index (χ2n) is 9.55. The predicted octanol–water partition coefficient (Wildman–Crippen LogP) is 5.92. The molecule has 4 aromatic carbocycles. The van der Waals surface area contributed by atoms with Crippen molar-refractivity contribution in [2.75, 3.05) is 0 Å². The molecule has 2 aliphatic rings. The summed E-state index contributed by atoms with van der Waals surface area (Å²) >= 11 is 5.99. The van der Waals surface area contributed by atoms with Crippen molar-refractivity contribution >= 4 is 41.7 Å². The Kier molecular flexibility index (Phi) is 10.5. The van der Waals surface area contributed by atoms with Crippen LogP contribution in [0.3, 0.4) is 0 Å². The van der Waals surface area contributed by atoms with E-state index in [1.807, 2.05) is 104 Å². The number of halogens is 1. The monoisotopic (exact) mass is 580 g/mol. The molecule has 0 saturated heterocycles. The van der Waals surface area contributed by atoms with Gasteiger partial charge in [-0.1, -0.05) is 133 Å². The zero-order valence-electron chi connectivity index (χ0n) is 23.2. The van der Waals surface area contributed by atoms with Gasteiger partial charge in [-0.3, -0.25) is 0 Å². The van der Waals surface area contributed by atoms with Crippen LogP contribution in [-0.4, -0.2) is 29.1 Å². The van der Waals surface area contributed by atoms with Crippen molar-refractivity contribution in [3.8, 4) is 0 Å². The summed E-state index contributed by atoms with van der Waals surface area (Å²) < 4.78 is 10.6. The molecule has 2 N–H and O–H groups in total. The van der Waals surface area contributed by atoms with Gasteiger partial charge in [-0.2, -0.15) is 0 Å². The van der Waals surface area contributed by atoms with Crippen molar-refractivity contribution in [3.63, 3.8) is 0 Å². The average molecular weight is 581 g/mol. The van der Waals surface area contributed by atoms with Gasteiger partial charge in [0.15, 0.2) is 12.2 Å². The van der Waals surface area contributed by atoms with E-state index in [-0.39, 0.29) is 18.0 Å². The summed E-state index contributed by atoms with van der Waals surface area (Å²) in [5, 5.41) is 17.6. The molecular weight excluding hydrogens is 551 g/mol. The highest BCUT2D eigenvalue weighted by Gasteiger charge is 2.33. The molecule has 0 bridgehead atoms. The minimum Gasteiger partial charge on any atom is -0.449 e. The van der Waals surface area contributed by atoms with Crippen LogP contribution in [0.5, 0.6) is 0 Å². The first-order valence-corrected chi connectivity index (χ1v) is 13.7. The van der Waals surface area contributed by atoms with Crippen molar-refractivity contribution in [1.29, 1.82) is 0 Å². The standard InChI is InChI=1S/C17H14O2.C11H9ClO2.C6H7BO2/c1-12-15(13-8-4-2-5-9-13)16(19-17(12)18)14-10-6-3-7-11-14;1-7-9(12)10(14-11(7)13)8-5-3-2-4-6-8;8-7(9)6-4-2-1-3-5-6/h2-11,16H,1H3;2-6,10H,1H3;1-5,8-9H/t16-;10-;/m00./s1. The lowest BCUT2D eigenvalue weighted by Crippen LogP contribution is -2.29. The normalized spacial score (nSPS) is 17.5. The fourth-order valence-electron chi connectivity index (χ4n) is 4.42. The molecule has 6 nitrogen and oxygen atoms in total. The summed E-state index contributed by atoms with van der Waals surface area (Å²) in [6, 6.07) is 37.9. The molecule has 212 valence electrons. The maximum Gasteiger partial charge on any atom is 0.488 e. The van der Waals surface area contributed by atoms with Gasteiger partial charge in [0.2, 0.25) is 0 Å². The molecule has 2 atom stereocenters. The van der Waals surface area contributed by atoms with E-state index >= 15 is 0 Å². The van der Waals surface area contributed by atoms with Crippen LogP contribution >= 0.6 is 11.6 Å².